The molecule has 1 aromatic heterocycles. The van der Waals surface area contributed by atoms with Crippen molar-refractivity contribution in [2.45, 2.75) is 25.9 Å². The number of amides is 2. The van der Waals surface area contributed by atoms with Crippen molar-refractivity contribution in [3.63, 3.8) is 0 Å². The summed E-state index contributed by atoms with van der Waals surface area (Å²) in [7, 11) is 0. The van der Waals surface area contributed by atoms with Gasteiger partial charge in [-0.2, -0.15) is 5.10 Å². The van der Waals surface area contributed by atoms with Crippen LogP contribution < -0.4 is 5.32 Å². The average molecular weight is 423 g/mol. The Kier molecular flexibility index (Phi) is 6.14. The van der Waals surface area contributed by atoms with Crippen LogP contribution in [0.2, 0.25) is 5.02 Å². The van der Waals surface area contributed by atoms with Crippen LogP contribution in [0.15, 0.2) is 60.9 Å². The van der Waals surface area contributed by atoms with E-state index in [0.717, 1.165) is 37.1 Å². The lowest BCUT2D eigenvalue weighted by Crippen LogP contribution is -2.28. The number of hydrogen-bond acceptors (Lipinski definition) is 3. The minimum Gasteiger partial charge on any atom is -0.348 e. The highest BCUT2D eigenvalue weighted by Crippen LogP contribution is 2.16. The van der Waals surface area contributed by atoms with E-state index in [0.29, 0.717) is 29.2 Å². The molecular formula is C23H23ClN4O2. The first kappa shape index (κ1) is 20.2. The molecule has 4 rings (SSSR count). The van der Waals surface area contributed by atoms with Crippen LogP contribution in [0.3, 0.4) is 0 Å². The summed E-state index contributed by atoms with van der Waals surface area (Å²) in [4.78, 5) is 26.9. The molecule has 2 heterocycles. The van der Waals surface area contributed by atoms with Crippen LogP contribution in [0.5, 0.6) is 0 Å². The van der Waals surface area contributed by atoms with Gasteiger partial charge in [0.05, 0.1) is 18.3 Å². The monoisotopic (exact) mass is 422 g/mol. The maximum atomic E-state index is 12.6. The second kappa shape index (κ2) is 9.13. The Labute approximate surface area is 180 Å². The lowest BCUT2D eigenvalue weighted by atomic mass is 10.1. The molecular weight excluding hydrogens is 400 g/mol. The van der Waals surface area contributed by atoms with Gasteiger partial charge in [-0.25, -0.2) is 0 Å². The lowest BCUT2D eigenvalue weighted by molar-refractivity contribution is 0.0792. The first-order valence-corrected chi connectivity index (χ1v) is 10.4. The zero-order valence-electron chi connectivity index (χ0n) is 16.6. The quantitative estimate of drug-likeness (QED) is 0.657. The molecule has 0 atom stereocenters. The SMILES string of the molecule is O=C(NCc1cccc(C(=O)N2CCCC2)c1)c1cnn(Cc2ccccc2Cl)c1. The normalized spacial score (nSPS) is 13.4. The van der Waals surface area contributed by atoms with Crippen LogP contribution in [-0.2, 0) is 13.1 Å². The Bertz CT molecular complexity index is 1060. The van der Waals surface area contributed by atoms with Gasteiger partial charge in [0.1, 0.15) is 0 Å². The minimum absolute atomic E-state index is 0.0570. The van der Waals surface area contributed by atoms with Gasteiger partial charge in [-0.05, 0) is 42.2 Å². The Balaban J connectivity index is 1.36. The van der Waals surface area contributed by atoms with E-state index >= 15 is 0 Å². The largest absolute Gasteiger partial charge is 0.348 e. The van der Waals surface area contributed by atoms with Crippen molar-refractivity contribution in [1.82, 2.24) is 20.0 Å². The summed E-state index contributed by atoms with van der Waals surface area (Å²) in [6, 6.07) is 15.0. The smallest absolute Gasteiger partial charge is 0.254 e. The lowest BCUT2D eigenvalue weighted by Gasteiger charge is -2.15. The van der Waals surface area contributed by atoms with Crippen molar-refractivity contribution >= 4 is 23.4 Å². The fourth-order valence-corrected chi connectivity index (χ4v) is 3.77. The number of nitrogens with zero attached hydrogens (tertiary/aromatic N) is 3. The zero-order chi connectivity index (χ0) is 20.9. The molecule has 7 heteroatoms. The zero-order valence-corrected chi connectivity index (χ0v) is 17.3. The molecule has 30 heavy (non-hydrogen) atoms. The van der Waals surface area contributed by atoms with Crippen LogP contribution in [-0.4, -0.2) is 39.6 Å². The fourth-order valence-electron chi connectivity index (χ4n) is 3.57. The second-order valence-corrected chi connectivity index (χ2v) is 7.81. The van der Waals surface area contributed by atoms with Crippen LogP contribution in [0.25, 0.3) is 0 Å². The van der Waals surface area contributed by atoms with Crippen molar-refractivity contribution in [1.29, 1.82) is 0 Å². The highest BCUT2D eigenvalue weighted by Gasteiger charge is 2.19. The molecule has 3 aromatic rings. The minimum atomic E-state index is -0.211. The Morgan fingerprint density at radius 2 is 1.83 bits per heavy atom. The third kappa shape index (κ3) is 4.71. The summed E-state index contributed by atoms with van der Waals surface area (Å²) in [6.07, 6.45) is 5.36. The summed E-state index contributed by atoms with van der Waals surface area (Å²) in [5, 5.41) is 7.82. The summed E-state index contributed by atoms with van der Waals surface area (Å²) in [5.74, 6) is -0.154. The molecule has 0 aliphatic carbocycles. The van der Waals surface area contributed by atoms with Crippen molar-refractivity contribution in [3.8, 4) is 0 Å². The Hall–Kier alpha value is -3.12. The molecule has 1 aliphatic rings. The van der Waals surface area contributed by atoms with Gasteiger partial charge in [-0.1, -0.05) is 41.9 Å². The molecule has 0 spiro atoms. The van der Waals surface area contributed by atoms with Gasteiger partial charge in [-0.3, -0.25) is 14.3 Å². The topological polar surface area (TPSA) is 67.2 Å². The third-order valence-corrected chi connectivity index (χ3v) is 5.57. The molecule has 1 fully saturated rings. The molecule has 0 saturated carbocycles. The van der Waals surface area contributed by atoms with Gasteiger partial charge in [-0.15, -0.1) is 0 Å². The van der Waals surface area contributed by atoms with E-state index in [1.165, 1.54) is 0 Å². The van der Waals surface area contributed by atoms with Crippen LogP contribution in [0, 0.1) is 0 Å². The molecule has 0 bridgehead atoms. The molecule has 0 unspecified atom stereocenters. The number of halogens is 1. The predicted octanol–water partition coefficient (Wildman–Crippen LogP) is 3.75. The van der Waals surface area contributed by atoms with Gasteiger partial charge in [0.25, 0.3) is 11.8 Å². The molecule has 2 amide bonds. The van der Waals surface area contributed by atoms with E-state index in [-0.39, 0.29) is 11.8 Å². The van der Waals surface area contributed by atoms with Gasteiger partial charge in [0.2, 0.25) is 0 Å². The highest BCUT2D eigenvalue weighted by atomic mass is 35.5. The molecule has 1 N–H and O–H groups in total. The number of aromatic nitrogens is 2. The van der Waals surface area contributed by atoms with Gasteiger partial charge < -0.3 is 10.2 Å². The molecule has 2 aromatic carbocycles. The van der Waals surface area contributed by atoms with E-state index in [4.69, 9.17) is 11.6 Å². The van der Waals surface area contributed by atoms with E-state index in [9.17, 15) is 9.59 Å². The number of benzene rings is 2. The number of hydrogen-bond donors (Lipinski definition) is 1. The number of rotatable bonds is 6. The average Bonchev–Trinajstić information content (AvgIpc) is 3.46. The van der Waals surface area contributed by atoms with Gasteiger partial charge >= 0.3 is 0 Å². The number of carbonyl (C=O) groups is 2. The van der Waals surface area contributed by atoms with E-state index in [2.05, 4.69) is 10.4 Å². The summed E-state index contributed by atoms with van der Waals surface area (Å²) >= 11 is 6.19. The standard InChI is InChI=1S/C23H23ClN4O2/c24-21-9-2-1-7-19(21)15-28-16-20(14-26-28)22(29)25-13-17-6-5-8-18(12-17)23(30)27-10-3-4-11-27/h1-2,5-9,12,14,16H,3-4,10-11,13,15H2,(H,25,29). The van der Waals surface area contributed by atoms with Gasteiger partial charge in [0.15, 0.2) is 0 Å². The predicted molar refractivity (Wildman–Crippen MR) is 116 cm³/mol. The number of nitrogens with one attached hydrogen (secondary N) is 1. The molecule has 0 radical (unpaired) electrons. The van der Waals surface area contributed by atoms with Gasteiger partial charge in [0, 0.05) is 36.4 Å². The molecule has 1 saturated heterocycles. The second-order valence-electron chi connectivity index (χ2n) is 7.40. The molecule has 1 aliphatic heterocycles. The Morgan fingerprint density at radius 3 is 2.63 bits per heavy atom. The van der Waals surface area contributed by atoms with Crippen LogP contribution in [0.1, 0.15) is 44.7 Å². The van der Waals surface area contributed by atoms with E-state index in [1.54, 1.807) is 17.1 Å². The number of carbonyl (C=O) groups excluding carboxylic acids is 2. The number of likely N-dealkylation sites (tertiary alicyclic amines) is 1. The third-order valence-electron chi connectivity index (χ3n) is 5.21. The molecule has 154 valence electrons. The summed E-state index contributed by atoms with van der Waals surface area (Å²) in [6.45, 7) is 2.47. The van der Waals surface area contributed by atoms with Crippen LogP contribution in [0.4, 0.5) is 0 Å². The van der Waals surface area contributed by atoms with E-state index < -0.39 is 0 Å². The van der Waals surface area contributed by atoms with Crippen molar-refractivity contribution in [2.24, 2.45) is 0 Å². The summed E-state index contributed by atoms with van der Waals surface area (Å²) < 4.78 is 1.69. The summed E-state index contributed by atoms with van der Waals surface area (Å²) in [5.41, 5.74) is 2.97. The van der Waals surface area contributed by atoms with Crippen molar-refractivity contribution < 1.29 is 9.59 Å². The maximum absolute atomic E-state index is 12.6. The van der Waals surface area contributed by atoms with Crippen molar-refractivity contribution in [3.05, 3.63) is 88.2 Å². The molecule has 6 nitrogen and oxygen atoms in total. The van der Waals surface area contributed by atoms with Crippen molar-refractivity contribution in [2.75, 3.05) is 13.1 Å². The Morgan fingerprint density at radius 1 is 1.03 bits per heavy atom. The maximum Gasteiger partial charge on any atom is 0.254 e. The first-order chi connectivity index (χ1) is 14.6. The first-order valence-electron chi connectivity index (χ1n) is 10.0. The van der Waals surface area contributed by atoms with E-state index in [1.807, 2.05) is 53.4 Å². The fraction of sp³-hybridized carbons (Fsp3) is 0.261. The van der Waals surface area contributed by atoms with Crippen LogP contribution >= 0.6 is 11.6 Å². The highest BCUT2D eigenvalue weighted by molar-refractivity contribution is 6.31.